The van der Waals surface area contributed by atoms with Crippen molar-refractivity contribution in [3.8, 4) is 5.75 Å². The van der Waals surface area contributed by atoms with Crippen molar-refractivity contribution in [1.29, 1.82) is 0 Å². The lowest BCUT2D eigenvalue weighted by atomic mass is 10.2. The number of oxime groups is 1. The molecule has 0 heterocycles. The number of hydrogen-bond donors (Lipinski definition) is 2. The Morgan fingerprint density at radius 1 is 1.47 bits per heavy atom. The third-order valence-electron chi connectivity index (χ3n) is 2.37. The number of hydrogen-bond acceptors (Lipinski definition) is 3. The van der Waals surface area contributed by atoms with E-state index in [4.69, 9.17) is 15.7 Å². The van der Waals surface area contributed by atoms with Crippen LogP contribution in [0.4, 0.5) is 4.39 Å². The predicted molar refractivity (Wildman–Crippen MR) is 63.9 cm³/mol. The normalized spacial score (nSPS) is 11.5. The number of rotatable bonds is 6. The summed E-state index contributed by atoms with van der Waals surface area (Å²) in [6.45, 7) is 2.11. The number of halogens is 1. The van der Waals surface area contributed by atoms with Gasteiger partial charge in [-0.2, -0.15) is 0 Å². The molecule has 0 atom stereocenters. The maximum absolute atomic E-state index is 13.5. The highest BCUT2D eigenvalue weighted by Gasteiger charge is 2.05. The van der Waals surface area contributed by atoms with Crippen LogP contribution in [0.25, 0.3) is 0 Å². The molecule has 0 radical (unpaired) electrons. The Bertz CT molecular complexity index is 394. The molecule has 0 unspecified atom stereocenters. The van der Waals surface area contributed by atoms with E-state index in [9.17, 15) is 4.39 Å². The first kappa shape index (κ1) is 13.3. The molecule has 0 spiro atoms. The Morgan fingerprint density at radius 3 is 2.94 bits per heavy atom. The number of nitrogens with zero attached hydrogens (tertiary/aromatic N) is 1. The van der Waals surface area contributed by atoms with Crippen LogP contribution in [-0.4, -0.2) is 17.6 Å². The Labute approximate surface area is 99.9 Å². The lowest BCUT2D eigenvalue weighted by molar-refractivity contribution is 0.291. The molecule has 1 rings (SSSR count). The monoisotopic (exact) mass is 240 g/mol. The van der Waals surface area contributed by atoms with Crippen LogP contribution in [0, 0.1) is 12.7 Å². The first-order chi connectivity index (χ1) is 8.15. The molecule has 0 bridgehead atoms. The van der Waals surface area contributed by atoms with Gasteiger partial charge in [-0.15, -0.1) is 0 Å². The van der Waals surface area contributed by atoms with Gasteiger partial charge in [0.05, 0.1) is 6.61 Å². The van der Waals surface area contributed by atoms with Crippen LogP contribution in [0.1, 0.15) is 24.8 Å². The summed E-state index contributed by atoms with van der Waals surface area (Å²) in [5.41, 5.74) is 5.88. The van der Waals surface area contributed by atoms with E-state index in [1.54, 1.807) is 25.1 Å². The SMILES string of the molecule is Cc1cccc(OCCCC/C(N)=N/O)c1F. The fourth-order valence-electron chi connectivity index (χ4n) is 1.37. The van der Waals surface area contributed by atoms with E-state index in [0.29, 0.717) is 18.6 Å². The van der Waals surface area contributed by atoms with Gasteiger partial charge in [0, 0.05) is 6.42 Å². The van der Waals surface area contributed by atoms with Gasteiger partial charge < -0.3 is 15.7 Å². The fourth-order valence-corrected chi connectivity index (χ4v) is 1.37. The standard InChI is InChI=1S/C12H17FN2O2/c1-9-5-4-6-10(12(9)13)17-8-3-2-7-11(14)15-16/h4-6,16H,2-3,7-8H2,1H3,(H2,14,15). The van der Waals surface area contributed by atoms with Gasteiger partial charge in [-0.05, 0) is 31.4 Å². The van der Waals surface area contributed by atoms with Crippen molar-refractivity contribution >= 4 is 5.84 Å². The maximum Gasteiger partial charge on any atom is 0.167 e. The summed E-state index contributed by atoms with van der Waals surface area (Å²) in [6.07, 6.45) is 1.98. The zero-order chi connectivity index (χ0) is 12.7. The first-order valence-corrected chi connectivity index (χ1v) is 5.49. The fraction of sp³-hybridized carbons (Fsp3) is 0.417. The molecule has 0 fully saturated rings. The van der Waals surface area contributed by atoms with Gasteiger partial charge in [0.25, 0.3) is 0 Å². The van der Waals surface area contributed by atoms with Crippen LogP contribution >= 0.6 is 0 Å². The summed E-state index contributed by atoms with van der Waals surface area (Å²) in [5, 5.41) is 11.2. The number of nitrogens with two attached hydrogens (primary N) is 1. The Morgan fingerprint density at radius 2 is 2.24 bits per heavy atom. The molecule has 1 aromatic rings. The van der Waals surface area contributed by atoms with Crippen LogP contribution in [-0.2, 0) is 0 Å². The van der Waals surface area contributed by atoms with E-state index in [1.807, 2.05) is 0 Å². The average molecular weight is 240 g/mol. The Kier molecular flexibility index (Phi) is 5.26. The van der Waals surface area contributed by atoms with Crippen LogP contribution in [0.2, 0.25) is 0 Å². The van der Waals surface area contributed by atoms with E-state index >= 15 is 0 Å². The minimum Gasteiger partial charge on any atom is -0.491 e. The molecule has 3 N–H and O–H groups in total. The van der Waals surface area contributed by atoms with E-state index in [-0.39, 0.29) is 17.4 Å². The summed E-state index contributed by atoms with van der Waals surface area (Å²) in [7, 11) is 0. The van der Waals surface area contributed by atoms with Crippen LogP contribution < -0.4 is 10.5 Å². The highest BCUT2D eigenvalue weighted by molar-refractivity contribution is 5.79. The topological polar surface area (TPSA) is 67.8 Å². The predicted octanol–water partition coefficient (Wildman–Crippen LogP) is 2.43. The molecule has 17 heavy (non-hydrogen) atoms. The van der Waals surface area contributed by atoms with Crippen molar-refractivity contribution in [3.63, 3.8) is 0 Å². The van der Waals surface area contributed by atoms with Crippen molar-refractivity contribution in [1.82, 2.24) is 0 Å². The molecule has 5 heteroatoms. The minimum atomic E-state index is -0.316. The second kappa shape index (κ2) is 6.73. The smallest absolute Gasteiger partial charge is 0.167 e. The van der Waals surface area contributed by atoms with Gasteiger partial charge in [0.1, 0.15) is 5.84 Å². The molecule has 0 amide bonds. The molecular weight excluding hydrogens is 223 g/mol. The number of benzene rings is 1. The van der Waals surface area contributed by atoms with Gasteiger partial charge in [-0.25, -0.2) is 4.39 Å². The quantitative estimate of drug-likeness (QED) is 0.264. The first-order valence-electron chi connectivity index (χ1n) is 5.49. The van der Waals surface area contributed by atoms with Gasteiger partial charge in [0.2, 0.25) is 0 Å². The lowest BCUT2D eigenvalue weighted by Crippen LogP contribution is -2.11. The van der Waals surface area contributed by atoms with Crippen molar-refractivity contribution in [2.45, 2.75) is 26.2 Å². The zero-order valence-electron chi connectivity index (χ0n) is 9.82. The van der Waals surface area contributed by atoms with E-state index < -0.39 is 0 Å². The zero-order valence-corrected chi connectivity index (χ0v) is 9.82. The lowest BCUT2D eigenvalue weighted by Gasteiger charge is -2.08. The van der Waals surface area contributed by atoms with E-state index in [1.165, 1.54) is 0 Å². The van der Waals surface area contributed by atoms with Gasteiger partial charge in [-0.3, -0.25) is 0 Å². The molecule has 0 aliphatic rings. The van der Waals surface area contributed by atoms with Crippen LogP contribution in [0.15, 0.2) is 23.4 Å². The second-order valence-corrected chi connectivity index (χ2v) is 3.78. The van der Waals surface area contributed by atoms with Crippen molar-refractivity contribution in [3.05, 3.63) is 29.6 Å². The third-order valence-corrected chi connectivity index (χ3v) is 2.37. The highest BCUT2D eigenvalue weighted by atomic mass is 19.1. The summed E-state index contributed by atoms with van der Waals surface area (Å²) in [4.78, 5) is 0. The summed E-state index contributed by atoms with van der Waals surface area (Å²) < 4.78 is 18.8. The maximum atomic E-state index is 13.5. The molecule has 1 aromatic carbocycles. The molecule has 4 nitrogen and oxygen atoms in total. The van der Waals surface area contributed by atoms with Crippen molar-refractivity contribution in [2.24, 2.45) is 10.9 Å². The molecule has 0 aromatic heterocycles. The Hall–Kier alpha value is -1.78. The van der Waals surface area contributed by atoms with Gasteiger partial charge in [-0.1, -0.05) is 17.3 Å². The molecular formula is C12H17FN2O2. The Balaban J connectivity index is 2.29. The molecule has 0 aliphatic carbocycles. The average Bonchev–Trinajstić information content (AvgIpc) is 2.33. The van der Waals surface area contributed by atoms with Crippen LogP contribution in [0.3, 0.4) is 0 Å². The summed E-state index contributed by atoms with van der Waals surface area (Å²) in [6, 6.07) is 5.05. The number of aryl methyl sites for hydroxylation is 1. The van der Waals surface area contributed by atoms with E-state index in [2.05, 4.69) is 5.16 Å². The number of amidine groups is 1. The summed E-state index contributed by atoms with van der Waals surface area (Å²) in [5.74, 6) is 0.157. The molecule has 94 valence electrons. The van der Waals surface area contributed by atoms with Crippen molar-refractivity contribution in [2.75, 3.05) is 6.61 Å². The summed E-state index contributed by atoms with van der Waals surface area (Å²) >= 11 is 0. The molecule has 0 saturated carbocycles. The second-order valence-electron chi connectivity index (χ2n) is 3.78. The third kappa shape index (κ3) is 4.30. The number of unbranched alkanes of at least 4 members (excludes halogenated alkanes) is 1. The minimum absolute atomic E-state index is 0.201. The highest BCUT2D eigenvalue weighted by Crippen LogP contribution is 2.19. The largest absolute Gasteiger partial charge is 0.491 e. The number of ether oxygens (including phenoxy) is 1. The molecule has 0 saturated heterocycles. The van der Waals surface area contributed by atoms with Crippen molar-refractivity contribution < 1.29 is 14.3 Å². The van der Waals surface area contributed by atoms with Crippen LogP contribution in [0.5, 0.6) is 5.75 Å². The van der Waals surface area contributed by atoms with Gasteiger partial charge >= 0.3 is 0 Å². The molecule has 0 aliphatic heterocycles. The van der Waals surface area contributed by atoms with E-state index in [0.717, 1.165) is 12.8 Å². The van der Waals surface area contributed by atoms with Gasteiger partial charge in [0.15, 0.2) is 11.6 Å².